The number of hydrogen-bond donors (Lipinski definition) is 1. The van der Waals surface area contributed by atoms with Gasteiger partial charge in [0.2, 0.25) is 5.91 Å². The summed E-state index contributed by atoms with van der Waals surface area (Å²) in [5.41, 5.74) is 0. The number of hydrogen-bond acceptors (Lipinski definition) is 4. The van der Waals surface area contributed by atoms with Gasteiger partial charge in [0.1, 0.15) is 6.61 Å². The van der Waals surface area contributed by atoms with Gasteiger partial charge in [-0.1, -0.05) is 0 Å². The largest absolute Gasteiger partial charge is 0.394 e. The number of carbonyl (C=O) groups is 1. The standard InChI is InChI=1S/C9H17NO4/c1-13-4-2-3-10-8(5-11)6-14-7-9(10)12/h8,11H,2-7H2,1H3. The Morgan fingerprint density at radius 1 is 1.71 bits per heavy atom. The van der Waals surface area contributed by atoms with Crippen LogP contribution in [0.4, 0.5) is 0 Å². The smallest absolute Gasteiger partial charge is 0.248 e. The van der Waals surface area contributed by atoms with Crippen molar-refractivity contribution in [2.75, 3.05) is 40.1 Å². The second-order valence-electron chi connectivity index (χ2n) is 3.29. The molecule has 14 heavy (non-hydrogen) atoms. The zero-order chi connectivity index (χ0) is 10.4. The van der Waals surface area contributed by atoms with Crippen molar-refractivity contribution in [3.63, 3.8) is 0 Å². The van der Waals surface area contributed by atoms with E-state index >= 15 is 0 Å². The van der Waals surface area contributed by atoms with Gasteiger partial charge in [-0.2, -0.15) is 0 Å². The summed E-state index contributed by atoms with van der Waals surface area (Å²) in [6.45, 7) is 1.77. The predicted molar refractivity (Wildman–Crippen MR) is 49.9 cm³/mol. The van der Waals surface area contributed by atoms with Gasteiger partial charge in [0, 0.05) is 20.3 Å². The molecule has 1 N–H and O–H groups in total. The van der Waals surface area contributed by atoms with Crippen molar-refractivity contribution in [2.45, 2.75) is 12.5 Å². The van der Waals surface area contributed by atoms with Crippen LogP contribution in [0.15, 0.2) is 0 Å². The zero-order valence-electron chi connectivity index (χ0n) is 8.44. The molecule has 1 amide bonds. The van der Waals surface area contributed by atoms with E-state index in [0.29, 0.717) is 19.8 Å². The molecule has 1 saturated heterocycles. The third-order valence-corrected chi connectivity index (χ3v) is 2.26. The van der Waals surface area contributed by atoms with Gasteiger partial charge in [0.25, 0.3) is 0 Å². The molecule has 5 heteroatoms. The summed E-state index contributed by atoms with van der Waals surface area (Å²) >= 11 is 0. The lowest BCUT2D eigenvalue weighted by molar-refractivity contribution is -0.150. The molecule has 1 heterocycles. The number of aliphatic hydroxyl groups excluding tert-OH is 1. The fourth-order valence-corrected chi connectivity index (χ4v) is 1.50. The number of carbonyl (C=O) groups excluding carboxylic acids is 1. The highest BCUT2D eigenvalue weighted by molar-refractivity contribution is 5.78. The van der Waals surface area contributed by atoms with Crippen molar-refractivity contribution in [2.24, 2.45) is 0 Å². The van der Waals surface area contributed by atoms with E-state index in [9.17, 15) is 4.79 Å². The van der Waals surface area contributed by atoms with Gasteiger partial charge in [-0.15, -0.1) is 0 Å². The van der Waals surface area contributed by atoms with E-state index < -0.39 is 0 Å². The number of nitrogens with zero attached hydrogens (tertiary/aromatic N) is 1. The van der Waals surface area contributed by atoms with E-state index in [1.54, 1.807) is 12.0 Å². The van der Waals surface area contributed by atoms with Gasteiger partial charge in [-0.05, 0) is 6.42 Å². The molecular weight excluding hydrogens is 186 g/mol. The quantitative estimate of drug-likeness (QED) is 0.597. The third kappa shape index (κ3) is 2.94. The molecule has 0 aromatic heterocycles. The van der Waals surface area contributed by atoms with Gasteiger partial charge >= 0.3 is 0 Å². The van der Waals surface area contributed by atoms with Crippen molar-refractivity contribution in [3.05, 3.63) is 0 Å². The monoisotopic (exact) mass is 203 g/mol. The maximum absolute atomic E-state index is 11.4. The summed E-state index contributed by atoms with van der Waals surface area (Å²) in [4.78, 5) is 13.1. The number of amides is 1. The van der Waals surface area contributed by atoms with Crippen molar-refractivity contribution >= 4 is 5.91 Å². The molecule has 0 bridgehead atoms. The lowest BCUT2D eigenvalue weighted by Gasteiger charge is -2.34. The number of aliphatic hydroxyl groups is 1. The first-order valence-electron chi connectivity index (χ1n) is 4.76. The Labute approximate surface area is 83.6 Å². The van der Waals surface area contributed by atoms with E-state index in [-0.39, 0.29) is 25.2 Å². The molecule has 0 aliphatic carbocycles. The van der Waals surface area contributed by atoms with Crippen LogP contribution in [0.1, 0.15) is 6.42 Å². The van der Waals surface area contributed by atoms with Crippen molar-refractivity contribution < 1.29 is 19.4 Å². The first-order chi connectivity index (χ1) is 6.79. The SMILES string of the molecule is COCCCN1C(=O)COCC1CO. The van der Waals surface area contributed by atoms with Crippen LogP contribution in [0.5, 0.6) is 0 Å². The molecule has 5 nitrogen and oxygen atoms in total. The molecule has 1 unspecified atom stereocenters. The minimum atomic E-state index is -0.187. The van der Waals surface area contributed by atoms with Crippen LogP contribution < -0.4 is 0 Å². The summed E-state index contributed by atoms with van der Waals surface area (Å²) in [6.07, 6.45) is 0.790. The molecule has 0 aromatic rings. The second kappa shape index (κ2) is 5.95. The summed E-state index contributed by atoms with van der Waals surface area (Å²) in [5.74, 6) is -0.0496. The van der Waals surface area contributed by atoms with Crippen LogP contribution >= 0.6 is 0 Å². The topological polar surface area (TPSA) is 59.0 Å². The van der Waals surface area contributed by atoms with Crippen molar-refractivity contribution in [1.29, 1.82) is 0 Å². The highest BCUT2D eigenvalue weighted by atomic mass is 16.5. The fraction of sp³-hybridized carbons (Fsp3) is 0.889. The highest BCUT2D eigenvalue weighted by Gasteiger charge is 2.27. The van der Waals surface area contributed by atoms with Crippen LogP contribution in [-0.2, 0) is 14.3 Å². The lowest BCUT2D eigenvalue weighted by atomic mass is 10.2. The molecule has 0 aromatic carbocycles. The fourth-order valence-electron chi connectivity index (χ4n) is 1.50. The van der Waals surface area contributed by atoms with E-state index in [1.165, 1.54) is 0 Å². The molecule has 1 aliphatic rings. The zero-order valence-corrected chi connectivity index (χ0v) is 8.44. The molecule has 0 saturated carbocycles. The molecule has 82 valence electrons. The number of morpholine rings is 1. The van der Waals surface area contributed by atoms with Crippen LogP contribution in [0.3, 0.4) is 0 Å². The first-order valence-corrected chi connectivity index (χ1v) is 4.76. The summed E-state index contributed by atoms with van der Waals surface area (Å²) in [6, 6.07) is -0.187. The Morgan fingerprint density at radius 2 is 2.50 bits per heavy atom. The molecule has 0 radical (unpaired) electrons. The minimum absolute atomic E-state index is 0.0429. The van der Waals surface area contributed by atoms with Gasteiger partial charge < -0.3 is 19.5 Å². The summed E-state index contributed by atoms with van der Waals surface area (Å²) in [7, 11) is 1.63. The molecular formula is C9H17NO4. The number of rotatable bonds is 5. The van der Waals surface area contributed by atoms with Gasteiger partial charge in [-0.3, -0.25) is 4.79 Å². The van der Waals surface area contributed by atoms with Crippen LogP contribution in [0.25, 0.3) is 0 Å². The second-order valence-corrected chi connectivity index (χ2v) is 3.29. The third-order valence-electron chi connectivity index (χ3n) is 2.26. The van der Waals surface area contributed by atoms with Crippen molar-refractivity contribution in [3.8, 4) is 0 Å². The Bertz CT molecular complexity index is 186. The molecule has 1 fully saturated rings. The van der Waals surface area contributed by atoms with Crippen LogP contribution in [0.2, 0.25) is 0 Å². The number of methoxy groups -OCH3 is 1. The van der Waals surface area contributed by atoms with Gasteiger partial charge in [-0.25, -0.2) is 0 Å². The van der Waals surface area contributed by atoms with Crippen LogP contribution in [-0.4, -0.2) is 62.0 Å². The molecule has 0 spiro atoms. The molecule has 1 aliphatic heterocycles. The minimum Gasteiger partial charge on any atom is -0.394 e. The molecule has 1 atom stereocenters. The Kier molecular flexibility index (Phi) is 4.86. The lowest BCUT2D eigenvalue weighted by Crippen LogP contribution is -2.51. The maximum atomic E-state index is 11.4. The number of ether oxygens (including phenoxy) is 2. The Balaban J connectivity index is 2.38. The maximum Gasteiger partial charge on any atom is 0.248 e. The van der Waals surface area contributed by atoms with E-state index in [0.717, 1.165) is 6.42 Å². The van der Waals surface area contributed by atoms with E-state index in [2.05, 4.69) is 0 Å². The van der Waals surface area contributed by atoms with Gasteiger partial charge in [0.05, 0.1) is 19.3 Å². The average molecular weight is 203 g/mol. The normalized spacial score (nSPS) is 22.9. The van der Waals surface area contributed by atoms with E-state index in [4.69, 9.17) is 14.6 Å². The first kappa shape index (κ1) is 11.4. The van der Waals surface area contributed by atoms with Crippen LogP contribution in [0, 0.1) is 0 Å². The Morgan fingerprint density at radius 3 is 3.14 bits per heavy atom. The highest BCUT2D eigenvalue weighted by Crippen LogP contribution is 2.08. The van der Waals surface area contributed by atoms with E-state index in [1.807, 2.05) is 0 Å². The Hall–Kier alpha value is -0.650. The molecule has 1 rings (SSSR count). The predicted octanol–water partition coefficient (Wildman–Crippen LogP) is -0.757. The summed E-state index contributed by atoms with van der Waals surface area (Å²) < 4.78 is 9.94. The van der Waals surface area contributed by atoms with Gasteiger partial charge in [0.15, 0.2) is 0 Å². The average Bonchev–Trinajstić information content (AvgIpc) is 2.20. The summed E-state index contributed by atoms with van der Waals surface area (Å²) in [5, 5.41) is 9.03. The van der Waals surface area contributed by atoms with Crippen molar-refractivity contribution in [1.82, 2.24) is 4.90 Å².